The third-order valence-electron chi connectivity index (χ3n) is 1.65. The van der Waals surface area contributed by atoms with Crippen LogP contribution in [-0.2, 0) is 16.1 Å². The van der Waals surface area contributed by atoms with Crippen LogP contribution in [0.4, 0.5) is 0 Å². The minimum absolute atomic E-state index is 0.0190. The Hall–Kier alpha value is -1.97. The molecular formula is C11H12O4. The fraction of sp³-hybridized carbons (Fsp3) is 0.182. The van der Waals surface area contributed by atoms with Crippen LogP contribution in [0.15, 0.2) is 30.4 Å². The van der Waals surface area contributed by atoms with E-state index in [0.717, 1.165) is 0 Å². The molecule has 1 rings (SSSR count). The fourth-order valence-electron chi connectivity index (χ4n) is 1.08. The zero-order valence-electron chi connectivity index (χ0n) is 8.30. The molecule has 0 saturated carbocycles. The predicted molar refractivity (Wildman–Crippen MR) is 54.4 cm³/mol. The number of phenolic OH excluding ortho intramolecular Hbond substituents is 2. The molecule has 0 amide bonds. The summed E-state index contributed by atoms with van der Waals surface area (Å²) in [6.45, 7) is 1.73. The molecule has 0 aromatic heterocycles. The van der Waals surface area contributed by atoms with Gasteiger partial charge in [0.25, 0.3) is 0 Å². The lowest BCUT2D eigenvalue weighted by molar-refractivity contribution is -0.139. The Balaban J connectivity index is 2.61. The standard InChI is InChI=1S/C11H12O4/c1-2-3-11(14)15-7-8-4-9(12)6-10(13)5-8/h2-6,12-13H,7H2,1H3/b3-2+. The van der Waals surface area contributed by atoms with Gasteiger partial charge in [0.15, 0.2) is 0 Å². The lowest BCUT2D eigenvalue weighted by atomic mass is 10.2. The molecule has 0 radical (unpaired) electrons. The smallest absolute Gasteiger partial charge is 0.330 e. The second-order valence-electron chi connectivity index (χ2n) is 2.97. The largest absolute Gasteiger partial charge is 0.508 e. The van der Waals surface area contributed by atoms with E-state index in [1.807, 2.05) is 0 Å². The molecule has 0 aliphatic carbocycles. The van der Waals surface area contributed by atoms with Crippen LogP contribution in [0.1, 0.15) is 12.5 Å². The molecular weight excluding hydrogens is 196 g/mol. The summed E-state index contributed by atoms with van der Waals surface area (Å²) in [4.78, 5) is 11.0. The Labute approximate surface area is 87.4 Å². The first kappa shape index (κ1) is 11.1. The van der Waals surface area contributed by atoms with Crippen molar-refractivity contribution in [3.05, 3.63) is 35.9 Å². The van der Waals surface area contributed by atoms with Gasteiger partial charge in [0.2, 0.25) is 0 Å². The number of ether oxygens (including phenoxy) is 1. The minimum Gasteiger partial charge on any atom is -0.508 e. The average molecular weight is 208 g/mol. The van der Waals surface area contributed by atoms with Crippen molar-refractivity contribution >= 4 is 5.97 Å². The zero-order chi connectivity index (χ0) is 11.3. The van der Waals surface area contributed by atoms with E-state index in [-0.39, 0.29) is 18.1 Å². The van der Waals surface area contributed by atoms with Crippen molar-refractivity contribution in [3.63, 3.8) is 0 Å². The topological polar surface area (TPSA) is 66.8 Å². The second kappa shape index (κ2) is 5.05. The van der Waals surface area contributed by atoms with Crippen molar-refractivity contribution in [1.82, 2.24) is 0 Å². The molecule has 0 aliphatic heterocycles. The molecule has 2 N–H and O–H groups in total. The Kier molecular flexibility index (Phi) is 3.74. The summed E-state index contributed by atoms with van der Waals surface area (Å²) in [7, 11) is 0. The Morgan fingerprint density at radius 1 is 1.33 bits per heavy atom. The molecule has 0 atom stereocenters. The number of carbonyl (C=O) groups is 1. The summed E-state index contributed by atoms with van der Waals surface area (Å²) in [6, 6.07) is 4.04. The molecule has 15 heavy (non-hydrogen) atoms. The summed E-state index contributed by atoms with van der Waals surface area (Å²) >= 11 is 0. The highest BCUT2D eigenvalue weighted by atomic mass is 16.5. The van der Waals surface area contributed by atoms with Gasteiger partial charge in [-0.3, -0.25) is 0 Å². The van der Waals surface area contributed by atoms with Crippen molar-refractivity contribution in [2.45, 2.75) is 13.5 Å². The number of esters is 1. The number of rotatable bonds is 3. The van der Waals surface area contributed by atoms with Crippen LogP contribution in [0, 0.1) is 0 Å². The maximum absolute atomic E-state index is 11.0. The van der Waals surface area contributed by atoms with Gasteiger partial charge in [-0.25, -0.2) is 4.79 Å². The summed E-state index contributed by atoms with van der Waals surface area (Å²) < 4.78 is 4.83. The number of carbonyl (C=O) groups excluding carboxylic acids is 1. The van der Waals surface area contributed by atoms with Gasteiger partial charge >= 0.3 is 5.97 Å². The van der Waals surface area contributed by atoms with E-state index in [4.69, 9.17) is 14.9 Å². The van der Waals surface area contributed by atoms with Crippen molar-refractivity contribution in [3.8, 4) is 11.5 Å². The van der Waals surface area contributed by atoms with Crippen LogP contribution in [0.3, 0.4) is 0 Å². The highest BCUT2D eigenvalue weighted by Crippen LogP contribution is 2.20. The van der Waals surface area contributed by atoms with Crippen molar-refractivity contribution in [1.29, 1.82) is 0 Å². The molecule has 0 heterocycles. The molecule has 1 aromatic carbocycles. The number of phenols is 2. The molecule has 1 aromatic rings. The zero-order valence-corrected chi connectivity index (χ0v) is 8.30. The average Bonchev–Trinajstić information content (AvgIpc) is 2.14. The molecule has 0 saturated heterocycles. The van der Waals surface area contributed by atoms with Gasteiger partial charge < -0.3 is 14.9 Å². The molecule has 0 fully saturated rings. The first-order valence-corrected chi connectivity index (χ1v) is 4.43. The van der Waals surface area contributed by atoms with E-state index in [1.165, 1.54) is 24.3 Å². The maximum atomic E-state index is 11.0. The number of hydrogen-bond acceptors (Lipinski definition) is 4. The van der Waals surface area contributed by atoms with Gasteiger partial charge in [-0.2, -0.15) is 0 Å². The van der Waals surface area contributed by atoms with Gasteiger partial charge in [-0.1, -0.05) is 6.08 Å². The first-order valence-electron chi connectivity index (χ1n) is 4.43. The van der Waals surface area contributed by atoms with E-state index in [1.54, 1.807) is 13.0 Å². The van der Waals surface area contributed by atoms with Crippen LogP contribution in [0.2, 0.25) is 0 Å². The Bertz CT molecular complexity index is 362. The molecule has 0 spiro atoms. The van der Waals surface area contributed by atoms with Gasteiger partial charge in [-0.05, 0) is 24.6 Å². The van der Waals surface area contributed by atoms with E-state index in [9.17, 15) is 4.79 Å². The molecule has 4 heteroatoms. The third kappa shape index (κ3) is 3.72. The Morgan fingerprint density at radius 3 is 2.47 bits per heavy atom. The highest BCUT2D eigenvalue weighted by Gasteiger charge is 2.01. The van der Waals surface area contributed by atoms with E-state index >= 15 is 0 Å². The van der Waals surface area contributed by atoms with Crippen molar-refractivity contribution in [2.24, 2.45) is 0 Å². The quantitative estimate of drug-likeness (QED) is 0.586. The van der Waals surface area contributed by atoms with Crippen LogP contribution in [0.5, 0.6) is 11.5 Å². The number of hydrogen-bond donors (Lipinski definition) is 2. The molecule has 0 aliphatic rings. The fourth-order valence-corrected chi connectivity index (χ4v) is 1.08. The van der Waals surface area contributed by atoms with Gasteiger partial charge in [0.1, 0.15) is 18.1 Å². The van der Waals surface area contributed by atoms with E-state index < -0.39 is 5.97 Å². The van der Waals surface area contributed by atoms with Crippen LogP contribution >= 0.6 is 0 Å². The lowest BCUT2D eigenvalue weighted by Crippen LogP contribution is -2.00. The van der Waals surface area contributed by atoms with Crippen molar-refractivity contribution in [2.75, 3.05) is 0 Å². The summed E-state index contributed by atoms with van der Waals surface area (Å²) in [5, 5.41) is 18.3. The van der Waals surface area contributed by atoms with Crippen molar-refractivity contribution < 1.29 is 19.7 Å². The summed E-state index contributed by atoms with van der Waals surface area (Å²) in [5.74, 6) is -0.584. The van der Waals surface area contributed by atoms with Gasteiger partial charge in [0.05, 0.1) is 0 Å². The van der Waals surface area contributed by atoms with Gasteiger partial charge in [0, 0.05) is 12.1 Å². The number of allylic oxidation sites excluding steroid dienone is 1. The summed E-state index contributed by atoms with van der Waals surface area (Å²) in [5.41, 5.74) is 0.533. The monoisotopic (exact) mass is 208 g/mol. The van der Waals surface area contributed by atoms with E-state index in [0.29, 0.717) is 5.56 Å². The third-order valence-corrected chi connectivity index (χ3v) is 1.65. The van der Waals surface area contributed by atoms with E-state index in [2.05, 4.69) is 0 Å². The number of aromatic hydroxyl groups is 2. The lowest BCUT2D eigenvalue weighted by Gasteiger charge is -2.03. The molecule has 0 unspecified atom stereocenters. The molecule has 4 nitrogen and oxygen atoms in total. The van der Waals surface area contributed by atoms with Crippen LogP contribution in [-0.4, -0.2) is 16.2 Å². The highest BCUT2D eigenvalue weighted by molar-refractivity contribution is 5.81. The normalized spacial score (nSPS) is 10.5. The predicted octanol–water partition coefficient (Wildman–Crippen LogP) is 1.72. The maximum Gasteiger partial charge on any atom is 0.330 e. The number of benzene rings is 1. The molecule has 80 valence electrons. The summed E-state index contributed by atoms with van der Waals surface area (Å²) in [6.07, 6.45) is 2.87. The minimum atomic E-state index is -0.458. The second-order valence-corrected chi connectivity index (χ2v) is 2.97. The Morgan fingerprint density at radius 2 is 1.93 bits per heavy atom. The first-order chi connectivity index (χ1) is 7.11. The molecule has 0 bridgehead atoms. The SMILES string of the molecule is C/C=C/C(=O)OCc1cc(O)cc(O)c1. The van der Waals surface area contributed by atoms with Crippen LogP contribution < -0.4 is 0 Å². The van der Waals surface area contributed by atoms with Gasteiger partial charge in [-0.15, -0.1) is 0 Å². The van der Waals surface area contributed by atoms with Crippen LogP contribution in [0.25, 0.3) is 0 Å².